The lowest BCUT2D eigenvalue weighted by Gasteiger charge is -2.13. The standard InChI is InChI=1S/C12H25N3O/c1-4-7-11(10(2)12(14)15-3)16-9-6-5-8-13/h7,15H,4-6,8-9,13-14H2,1-3H3/b11-7+,12-10+. The molecule has 0 radical (unpaired) electrons. The van der Waals surface area contributed by atoms with E-state index in [4.69, 9.17) is 16.2 Å². The summed E-state index contributed by atoms with van der Waals surface area (Å²) in [5.74, 6) is 1.52. The van der Waals surface area contributed by atoms with Gasteiger partial charge in [-0.2, -0.15) is 0 Å². The van der Waals surface area contributed by atoms with E-state index in [1.165, 1.54) is 0 Å². The Morgan fingerprint density at radius 1 is 1.38 bits per heavy atom. The number of rotatable bonds is 8. The summed E-state index contributed by atoms with van der Waals surface area (Å²) < 4.78 is 5.70. The minimum absolute atomic E-state index is 0.651. The van der Waals surface area contributed by atoms with Gasteiger partial charge >= 0.3 is 0 Å². The lowest BCUT2D eigenvalue weighted by atomic mass is 10.2. The van der Waals surface area contributed by atoms with Crippen molar-refractivity contribution in [3.05, 3.63) is 23.2 Å². The van der Waals surface area contributed by atoms with Crippen molar-refractivity contribution in [1.29, 1.82) is 0 Å². The molecule has 0 saturated carbocycles. The second-order valence-corrected chi connectivity index (χ2v) is 3.61. The van der Waals surface area contributed by atoms with Crippen LogP contribution in [0.25, 0.3) is 0 Å². The summed E-state index contributed by atoms with van der Waals surface area (Å²) in [6, 6.07) is 0. The lowest BCUT2D eigenvalue weighted by molar-refractivity contribution is 0.212. The van der Waals surface area contributed by atoms with Crippen molar-refractivity contribution in [2.24, 2.45) is 11.5 Å². The maximum Gasteiger partial charge on any atom is 0.121 e. The third kappa shape index (κ3) is 5.66. The molecule has 0 amide bonds. The number of allylic oxidation sites excluding steroid dienone is 2. The molecular formula is C12H25N3O. The molecule has 0 fully saturated rings. The van der Waals surface area contributed by atoms with Crippen LogP contribution in [0.4, 0.5) is 0 Å². The zero-order valence-corrected chi connectivity index (χ0v) is 10.7. The SMILES string of the molecule is CC/C=C(OCCCCN)\C(C)=C(/N)NC. The molecule has 0 saturated heterocycles. The fraction of sp³-hybridized carbons (Fsp3) is 0.667. The normalized spacial score (nSPS) is 13.4. The number of nitrogens with two attached hydrogens (primary N) is 2. The summed E-state index contributed by atoms with van der Waals surface area (Å²) in [5, 5.41) is 2.92. The van der Waals surface area contributed by atoms with Crippen molar-refractivity contribution in [2.45, 2.75) is 33.1 Å². The first-order valence-electron chi connectivity index (χ1n) is 5.84. The van der Waals surface area contributed by atoms with Crippen molar-refractivity contribution in [1.82, 2.24) is 5.32 Å². The first-order valence-corrected chi connectivity index (χ1v) is 5.84. The predicted molar refractivity (Wildman–Crippen MR) is 68.6 cm³/mol. The Morgan fingerprint density at radius 3 is 2.56 bits per heavy atom. The van der Waals surface area contributed by atoms with E-state index in [1.807, 2.05) is 13.0 Å². The predicted octanol–water partition coefficient (Wildman–Crippen LogP) is 1.45. The second kappa shape index (κ2) is 9.09. The number of unbranched alkanes of at least 4 members (excludes halogenated alkanes) is 1. The highest BCUT2D eigenvalue weighted by molar-refractivity contribution is 5.27. The van der Waals surface area contributed by atoms with Crippen LogP contribution in [0.1, 0.15) is 33.1 Å². The highest BCUT2D eigenvalue weighted by Crippen LogP contribution is 2.13. The summed E-state index contributed by atoms with van der Waals surface area (Å²) in [7, 11) is 1.80. The van der Waals surface area contributed by atoms with E-state index in [1.54, 1.807) is 7.05 Å². The van der Waals surface area contributed by atoms with E-state index < -0.39 is 0 Å². The summed E-state index contributed by atoms with van der Waals surface area (Å²) >= 11 is 0. The fourth-order valence-corrected chi connectivity index (χ4v) is 1.25. The summed E-state index contributed by atoms with van der Waals surface area (Å²) in [5.41, 5.74) is 12.2. The third-order valence-electron chi connectivity index (χ3n) is 2.29. The molecule has 0 bridgehead atoms. The van der Waals surface area contributed by atoms with Crippen LogP contribution < -0.4 is 16.8 Å². The monoisotopic (exact) mass is 227 g/mol. The molecule has 16 heavy (non-hydrogen) atoms. The van der Waals surface area contributed by atoms with Crippen LogP contribution in [-0.2, 0) is 4.74 Å². The molecule has 4 nitrogen and oxygen atoms in total. The molecule has 0 aliphatic carbocycles. The van der Waals surface area contributed by atoms with Crippen LogP contribution in [0.15, 0.2) is 23.2 Å². The Hall–Kier alpha value is -1.16. The zero-order valence-electron chi connectivity index (χ0n) is 10.7. The first kappa shape index (κ1) is 14.8. The van der Waals surface area contributed by atoms with Crippen LogP contribution >= 0.6 is 0 Å². The Balaban J connectivity index is 4.34. The van der Waals surface area contributed by atoms with E-state index in [-0.39, 0.29) is 0 Å². The van der Waals surface area contributed by atoms with Gasteiger partial charge in [-0.3, -0.25) is 0 Å². The minimum Gasteiger partial charge on any atom is -0.494 e. The maximum atomic E-state index is 5.81. The third-order valence-corrected chi connectivity index (χ3v) is 2.29. The quantitative estimate of drug-likeness (QED) is 0.333. The molecule has 0 heterocycles. The molecule has 0 aromatic heterocycles. The molecule has 0 unspecified atom stereocenters. The van der Waals surface area contributed by atoms with Crippen molar-refractivity contribution in [2.75, 3.05) is 20.2 Å². The van der Waals surface area contributed by atoms with Crippen molar-refractivity contribution < 1.29 is 4.74 Å². The van der Waals surface area contributed by atoms with Crippen LogP contribution in [0.3, 0.4) is 0 Å². The van der Waals surface area contributed by atoms with Gasteiger partial charge in [0.05, 0.1) is 6.61 Å². The maximum absolute atomic E-state index is 5.81. The molecule has 94 valence electrons. The molecular weight excluding hydrogens is 202 g/mol. The van der Waals surface area contributed by atoms with Gasteiger partial charge in [0.25, 0.3) is 0 Å². The Kier molecular flexibility index (Phi) is 8.43. The Labute approximate surface area is 98.7 Å². The van der Waals surface area contributed by atoms with Crippen molar-refractivity contribution in [3.8, 4) is 0 Å². The van der Waals surface area contributed by atoms with E-state index in [2.05, 4.69) is 12.2 Å². The molecule has 0 aromatic rings. The van der Waals surface area contributed by atoms with Crippen LogP contribution in [-0.4, -0.2) is 20.2 Å². The highest BCUT2D eigenvalue weighted by atomic mass is 16.5. The van der Waals surface area contributed by atoms with Crippen molar-refractivity contribution >= 4 is 0 Å². The zero-order chi connectivity index (χ0) is 12.4. The highest BCUT2D eigenvalue weighted by Gasteiger charge is 2.04. The van der Waals surface area contributed by atoms with Crippen LogP contribution in [0.2, 0.25) is 0 Å². The fourth-order valence-electron chi connectivity index (χ4n) is 1.25. The number of hydrogen-bond acceptors (Lipinski definition) is 4. The van der Waals surface area contributed by atoms with Gasteiger partial charge in [0, 0.05) is 12.6 Å². The molecule has 0 rings (SSSR count). The van der Waals surface area contributed by atoms with E-state index in [0.717, 1.165) is 30.6 Å². The van der Waals surface area contributed by atoms with E-state index in [9.17, 15) is 0 Å². The average molecular weight is 227 g/mol. The smallest absolute Gasteiger partial charge is 0.121 e. The van der Waals surface area contributed by atoms with E-state index >= 15 is 0 Å². The van der Waals surface area contributed by atoms with Gasteiger partial charge in [0.15, 0.2) is 0 Å². The summed E-state index contributed by atoms with van der Waals surface area (Å²) in [6.45, 7) is 5.43. The van der Waals surface area contributed by atoms with Gasteiger partial charge in [0.2, 0.25) is 0 Å². The number of nitrogens with one attached hydrogen (secondary N) is 1. The van der Waals surface area contributed by atoms with Crippen LogP contribution in [0.5, 0.6) is 0 Å². The Bertz CT molecular complexity index is 247. The molecule has 0 aliphatic rings. The topological polar surface area (TPSA) is 73.3 Å². The van der Waals surface area contributed by atoms with E-state index in [0.29, 0.717) is 19.0 Å². The molecule has 5 N–H and O–H groups in total. The molecule has 0 spiro atoms. The van der Waals surface area contributed by atoms with Crippen molar-refractivity contribution in [3.63, 3.8) is 0 Å². The lowest BCUT2D eigenvalue weighted by Crippen LogP contribution is -2.18. The largest absolute Gasteiger partial charge is 0.494 e. The molecule has 0 aliphatic heterocycles. The number of hydrogen-bond donors (Lipinski definition) is 3. The second-order valence-electron chi connectivity index (χ2n) is 3.61. The van der Waals surface area contributed by atoms with Gasteiger partial charge < -0.3 is 21.5 Å². The molecule has 0 atom stereocenters. The van der Waals surface area contributed by atoms with Gasteiger partial charge in [0.1, 0.15) is 11.6 Å². The molecule has 4 heteroatoms. The first-order chi connectivity index (χ1) is 7.67. The Morgan fingerprint density at radius 2 is 2.06 bits per heavy atom. The molecule has 0 aromatic carbocycles. The van der Waals surface area contributed by atoms with Gasteiger partial charge in [-0.25, -0.2) is 0 Å². The van der Waals surface area contributed by atoms with Gasteiger partial charge in [-0.05, 0) is 38.8 Å². The average Bonchev–Trinajstić information content (AvgIpc) is 2.31. The van der Waals surface area contributed by atoms with Gasteiger partial charge in [-0.1, -0.05) is 6.92 Å². The van der Waals surface area contributed by atoms with Gasteiger partial charge in [-0.15, -0.1) is 0 Å². The number of ether oxygens (including phenoxy) is 1. The summed E-state index contributed by atoms with van der Waals surface area (Å²) in [4.78, 5) is 0. The minimum atomic E-state index is 0.651. The summed E-state index contributed by atoms with van der Waals surface area (Å²) in [6.07, 6.45) is 4.94. The van der Waals surface area contributed by atoms with Crippen LogP contribution in [0, 0.1) is 0 Å².